The molecule has 2 aromatic carbocycles. The molecule has 1 atom stereocenters. The van der Waals surface area contributed by atoms with Crippen molar-refractivity contribution in [3.05, 3.63) is 89.6 Å². The minimum Gasteiger partial charge on any atom is -0.811 e. The first-order chi connectivity index (χ1) is 17.2. The molecule has 0 saturated heterocycles. The third kappa shape index (κ3) is 3.39. The van der Waals surface area contributed by atoms with Crippen molar-refractivity contribution in [2.45, 2.75) is 32.1 Å². The van der Waals surface area contributed by atoms with Crippen LogP contribution in [-0.4, -0.2) is 25.2 Å². The largest absolute Gasteiger partial charge is 1.00 e. The maximum Gasteiger partial charge on any atom is 1.00 e. The summed E-state index contributed by atoms with van der Waals surface area (Å²) in [4.78, 5) is 14.6. The molecule has 0 radical (unpaired) electrons. The number of fused-ring (bicyclic) bond motifs is 5. The van der Waals surface area contributed by atoms with Gasteiger partial charge in [-0.1, -0.05) is 43.3 Å². The molecule has 0 amide bonds. The summed E-state index contributed by atoms with van der Waals surface area (Å²) < 4.78 is 8.34. The molecule has 4 heterocycles. The first kappa shape index (κ1) is 22.7. The fraction of sp³-hybridized carbons (Fsp3) is 0.172. The second kappa shape index (κ2) is 8.70. The van der Waals surface area contributed by atoms with Crippen LogP contribution in [0.25, 0.3) is 55.7 Å². The van der Waals surface area contributed by atoms with E-state index in [1.54, 1.807) is 13.1 Å². The molecular formula is C29H22CuN5O. The zero-order chi connectivity index (χ0) is 23.5. The van der Waals surface area contributed by atoms with E-state index in [-0.39, 0.29) is 23.0 Å². The number of hydrogen-bond acceptors (Lipinski definition) is 4. The number of aromatic nitrogens is 4. The Hall–Kier alpha value is -3.80. The van der Waals surface area contributed by atoms with Crippen LogP contribution < -0.4 is 0 Å². The predicted molar refractivity (Wildman–Crippen MR) is 139 cm³/mol. The van der Waals surface area contributed by atoms with Crippen LogP contribution in [0.1, 0.15) is 36.9 Å². The van der Waals surface area contributed by atoms with Crippen molar-refractivity contribution in [2.75, 3.05) is 0 Å². The minimum atomic E-state index is -0.0472. The zero-order valence-corrected chi connectivity index (χ0v) is 20.5. The van der Waals surface area contributed by atoms with Gasteiger partial charge in [-0.05, 0) is 55.2 Å². The van der Waals surface area contributed by atoms with E-state index in [0.29, 0.717) is 17.3 Å². The second-order valence-electron chi connectivity index (χ2n) is 9.21. The number of hydrogen-bond donors (Lipinski definition) is 0. The van der Waals surface area contributed by atoms with Gasteiger partial charge in [0.15, 0.2) is 5.58 Å². The average molecular weight is 520 g/mol. The van der Waals surface area contributed by atoms with Gasteiger partial charge in [-0.3, -0.25) is 4.98 Å². The predicted octanol–water partition coefficient (Wildman–Crippen LogP) is 6.83. The van der Waals surface area contributed by atoms with E-state index in [1.165, 1.54) is 5.56 Å². The van der Waals surface area contributed by atoms with Gasteiger partial charge < -0.3 is 9.83 Å². The molecule has 1 unspecified atom stereocenters. The summed E-state index contributed by atoms with van der Waals surface area (Å²) >= 11 is 0. The number of rotatable bonds is 3. The Bertz CT molecular complexity index is 1770. The zero-order valence-electron chi connectivity index (χ0n) is 19.6. The van der Waals surface area contributed by atoms with Crippen LogP contribution in [0.5, 0.6) is 0 Å². The Kier molecular flexibility index (Phi) is 5.47. The molecule has 0 aliphatic heterocycles. The normalized spacial score (nSPS) is 15.2. The molecule has 6 aromatic rings. The van der Waals surface area contributed by atoms with E-state index in [2.05, 4.69) is 23.2 Å². The summed E-state index contributed by atoms with van der Waals surface area (Å²) in [5, 5.41) is 12.6. The van der Waals surface area contributed by atoms with Crippen molar-refractivity contribution in [1.82, 2.24) is 19.5 Å². The van der Waals surface area contributed by atoms with E-state index >= 15 is 0 Å². The van der Waals surface area contributed by atoms with Gasteiger partial charge in [0.05, 0.1) is 16.9 Å². The fourth-order valence-corrected chi connectivity index (χ4v) is 5.43. The molecule has 4 aromatic heterocycles. The van der Waals surface area contributed by atoms with Gasteiger partial charge in [0.25, 0.3) is 0 Å². The summed E-state index contributed by atoms with van der Waals surface area (Å²) in [6, 6.07) is 22.7. The average Bonchev–Trinajstić information content (AvgIpc) is 3.46. The molecule has 0 spiro atoms. The summed E-state index contributed by atoms with van der Waals surface area (Å²) in [6.45, 7) is 1.78. The van der Waals surface area contributed by atoms with Crippen LogP contribution in [-0.2, 0) is 23.5 Å². The molecule has 1 aliphatic carbocycles. The van der Waals surface area contributed by atoms with Crippen molar-refractivity contribution in [2.24, 2.45) is 0 Å². The standard InChI is InChI=1S/C29H22N5O.Cu/c1-17(30)19-10-6-8-18-16-22-20-9-2-3-13-24(20)34(28(22)32-26(18)19)29-33-27-21(11-7-14-25(27)35-29)23-12-4-5-15-31-23;/h2-5,7,9,11-16,19H,6,8,10H2,1H3;/q-1;+1. The maximum absolute atomic E-state index is 10.4. The van der Waals surface area contributed by atoms with Crippen LogP contribution in [0.3, 0.4) is 0 Å². The molecule has 1 aliphatic rings. The molecule has 0 saturated carbocycles. The van der Waals surface area contributed by atoms with E-state index in [0.717, 1.165) is 63.7 Å². The van der Waals surface area contributed by atoms with Gasteiger partial charge >= 0.3 is 23.1 Å². The monoisotopic (exact) mass is 519 g/mol. The van der Waals surface area contributed by atoms with E-state index in [1.807, 2.05) is 53.1 Å². The van der Waals surface area contributed by atoms with Crippen molar-refractivity contribution < 1.29 is 21.5 Å². The second-order valence-corrected chi connectivity index (χ2v) is 9.21. The molecular weight excluding hydrogens is 498 g/mol. The summed E-state index contributed by atoms with van der Waals surface area (Å²) in [6.07, 6.45) is 4.71. The third-order valence-corrected chi connectivity index (χ3v) is 7.07. The Morgan fingerprint density at radius 1 is 1.00 bits per heavy atom. The van der Waals surface area contributed by atoms with E-state index in [4.69, 9.17) is 14.4 Å². The van der Waals surface area contributed by atoms with Crippen LogP contribution >= 0.6 is 0 Å². The summed E-state index contributed by atoms with van der Waals surface area (Å²) in [5.74, 6) is -0.0472. The Labute approximate surface area is 218 Å². The molecule has 0 N–H and O–H groups in total. The molecule has 6 nitrogen and oxygen atoms in total. The van der Waals surface area contributed by atoms with Crippen molar-refractivity contribution in [3.63, 3.8) is 0 Å². The van der Waals surface area contributed by atoms with Crippen LogP contribution in [0.15, 0.2) is 77.3 Å². The smallest absolute Gasteiger partial charge is 0.811 e. The van der Waals surface area contributed by atoms with Crippen molar-refractivity contribution >= 4 is 38.7 Å². The number of pyridine rings is 2. The van der Waals surface area contributed by atoms with Crippen LogP contribution in [0.2, 0.25) is 0 Å². The fourth-order valence-electron chi connectivity index (χ4n) is 5.43. The number of nitrogens with zero attached hydrogens (tertiary/aromatic N) is 5. The maximum atomic E-state index is 10.4. The summed E-state index contributed by atoms with van der Waals surface area (Å²) in [7, 11) is 0. The topological polar surface area (TPSA) is 79.0 Å². The molecule has 180 valence electrons. The Morgan fingerprint density at radius 2 is 1.86 bits per heavy atom. The van der Waals surface area contributed by atoms with Gasteiger partial charge in [-0.15, -0.1) is 0 Å². The third-order valence-electron chi connectivity index (χ3n) is 7.07. The number of oxazole rings is 1. The van der Waals surface area contributed by atoms with Crippen LogP contribution in [0.4, 0.5) is 0 Å². The van der Waals surface area contributed by atoms with Gasteiger partial charge in [-0.2, -0.15) is 10.7 Å². The van der Waals surface area contributed by atoms with Crippen molar-refractivity contribution in [1.29, 1.82) is 0 Å². The Morgan fingerprint density at radius 3 is 2.69 bits per heavy atom. The molecule has 7 rings (SSSR count). The summed E-state index contributed by atoms with van der Waals surface area (Å²) in [5.41, 5.74) is 7.61. The SMILES string of the molecule is CC(=[N-])C1CCCc2cc3c4ccccc4n(-c4nc5c(-c6ccccn6)cccc5o4)c3nc21.[Cu+]. The van der Waals surface area contributed by atoms with Gasteiger partial charge in [0.1, 0.15) is 11.2 Å². The minimum absolute atomic E-state index is 0. The van der Waals surface area contributed by atoms with Crippen LogP contribution in [0, 0.1) is 0 Å². The molecule has 7 heteroatoms. The number of aryl methyl sites for hydroxylation is 1. The molecule has 36 heavy (non-hydrogen) atoms. The van der Waals surface area contributed by atoms with Crippen molar-refractivity contribution in [3.8, 4) is 17.3 Å². The van der Waals surface area contributed by atoms with Gasteiger partial charge in [0, 0.05) is 28.5 Å². The van der Waals surface area contributed by atoms with E-state index < -0.39 is 0 Å². The van der Waals surface area contributed by atoms with Gasteiger partial charge in [-0.25, -0.2) is 9.55 Å². The quantitative estimate of drug-likeness (QED) is 0.189. The number of benzene rings is 2. The molecule has 0 fully saturated rings. The first-order valence-electron chi connectivity index (χ1n) is 12.0. The van der Waals surface area contributed by atoms with Gasteiger partial charge in [0.2, 0.25) is 0 Å². The molecule has 0 bridgehead atoms. The number of para-hydroxylation sites is 2. The van der Waals surface area contributed by atoms with E-state index in [9.17, 15) is 5.41 Å². The Balaban J connectivity index is 0.00000240. The first-order valence-corrected chi connectivity index (χ1v) is 12.0.